The lowest BCUT2D eigenvalue weighted by atomic mass is 10.00. The van der Waals surface area contributed by atoms with Crippen molar-refractivity contribution in [3.05, 3.63) is 68.7 Å². The van der Waals surface area contributed by atoms with E-state index < -0.39 is 0 Å². The van der Waals surface area contributed by atoms with E-state index in [4.69, 9.17) is 39.5 Å². The number of nitrogens with zero attached hydrogens (tertiary/aromatic N) is 2. The number of urea groups is 1. The topological polar surface area (TPSA) is 32.8 Å². The molecule has 2 aromatic rings. The highest BCUT2D eigenvalue weighted by Crippen LogP contribution is 2.36. The summed E-state index contributed by atoms with van der Waals surface area (Å²) in [5.74, 6) is 0. The number of halogens is 3. The van der Waals surface area contributed by atoms with Crippen molar-refractivity contribution in [2.75, 3.05) is 26.2 Å². The fourth-order valence-corrected chi connectivity index (χ4v) is 4.98. The molecule has 4 rings (SSSR count). The van der Waals surface area contributed by atoms with Crippen molar-refractivity contribution < 1.29 is 9.53 Å². The van der Waals surface area contributed by atoms with Crippen LogP contribution in [0.25, 0.3) is 0 Å². The van der Waals surface area contributed by atoms with E-state index in [9.17, 15) is 4.79 Å². The van der Waals surface area contributed by atoms with Gasteiger partial charge in [-0.1, -0.05) is 53.0 Å². The predicted octanol–water partition coefficient (Wildman–Crippen LogP) is 6.82. The average Bonchev–Trinajstić information content (AvgIpc) is 2.79. The Morgan fingerprint density at radius 3 is 2.10 bits per heavy atom. The van der Waals surface area contributed by atoms with Gasteiger partial charge in [0.25, 0.3) is 0 Å². The largest absolute Gasteiger partial charge is 0.365 e. The van der Waals surface area contributed by atoms with Crippen molar-refractivity contribution in [3.63, 3.8) is 0 Å². The molecule has 31 heavy (non-hydrogen) atoms. The van der Waals surface area contributed by atoms with Crippen molar-refractivity contribution in [2.45, 2.75) is 44.3 Å². The number of hydrogen-bond acceptors (Lipinski definition) is 2. The number of carbonyl (C=O) groups is 1. The van der Waals surface area contributed by atoms with Crippen LogP contribution in [0.4, 0.5) is 4.79 Å². The van der Waals surface area contributed by atoms with Crippen LogP contribution in [0.2, 0.25) is 15.1 Å². The smallest absolute Gasteiger partial charge is 0.320 e. The Balaban J connectivity index is 1.45. The molecule has 2 amide bonds. The summed E-state index contributed by atoms with van der Waals surface area (Å²) in [4.78, 5) is 16.8. The number of benzene rings is 2. The van der Waals surface area contributed by atoms with Crippen LogP contribution in [0, 0.1) is 0 Å². The van der Waals surface area contributed by atoms with E-state index in [0.29, 0.717) is 28.2 Å². The molecule has 0 spiro atoms. The summed E-state index contributed by atoms with van der Waals surface area (Å²) >= 11 is 18.7. The van der Waals surface area contributed by atoms with Gasteiger partial charge in [-0.15, -0.1) is 0 Å². The van der Waals surface area contributed by atoms with E-state index in [2.05, 4.69) is 0 Å². The van der Waals surface area contributed by atoms with Gasteiger partial charge in [-0.05, 0) is 61.9 Å². The predicted molar refractivity (Wildman–Crippen MR) is 126 cm³/mol. The van der Waals surface area contributed by atoms with Gasteiger partial charge in [0.2, 0.25) is 0 Å². The minimum atomic E-state index is -0.323. The number of carbonyl (C=O) groups excluding carboxylic acids is 1. The third-order valence-electron chi connectivity index (χ3n) is 6.09. The zero-order valence-electron chi connectivity index (χ0n) is 17.4. The molecule has 0 saturated carbocycles. The second-order valence-electron chi connectivity index (χ2n) is 8.25. The van der Waals surface area contributed by atoms with E-state index in [1.165, 1.54) is 6.42 Å². The summed E-state index contributed by atoms with van der Waals surface area (Å²) in [6.45, 7) is 3.18. The van der Waals surface area contributed by atoms with Gasteiger partial charge in [-0.25, -0.2) is 4.79 Å². The maximum Gasteiger partial charge on any atom is 0.320 e. The fraction of sp³-hybridized carbons (Fsp3) is 0.458. The van der Waals surface area contributed by atoms with Crippen LogP contribution >= 0.6 is 34.8 Å². The highest BCUT2D eigenvalue weighted by molar-refractivity contribution is 6.35. The van der Waals surface area contributed by atoms with Gasteiger partial charge >= 0.3 is 6.03 Å². The quantitative estimate of drug-likeness (QED) is 0.480. The van der Waals surface area contributed by atoms with Crippen LogP contribution in [-0.4, -0.2) is 48.1 Å². The van der Waals surface area contributed by atoms with Gasteiger partial charge in [-0.2, -0.15) is 0 Å². The Morgan fingerprint density at radius 2 is 1.45 bits per heavy atom. The van der Waals surface area contributed by atoms with Gasteiger partial charge < -0.3 is 14.5 Å². The summed E-state index contributed by atoms with van der Waals surface area (Å²) < 4.78 is 6.58. The van der Waals surface area contributed by atoms with Crippen molar-refractivity contribution in [3.8, 4) is 0 Å². The Morgan fingerprint density at radius 1 is 0.839 bits per heavy atom. The second kappa shape index (κ2) is 10.4. The van der Waals surface area contributed by atoms with Gasteiger partial charge in [0.1, 0.15) is 6.10 Å². The van der Waals surface area contributed by atoms with E-state index in [1.807, 2.05) is 46.2 Å². The average molecular weight is 482 g/mol. The molecular formula is C24H27Cl3N2O2. The van der Waals surface area contributed by atoms with Crippen molar-refractivity contribution in [2.24, 2.45) is 0 Å². The van der Waals surface area contributed by atoms with E-state index >= 15 is 0 Å². The number of amides is 2. The monoisotopic (exact) mass is 480 g/mol. The Bertz CT molecular complexity index is 892. The standard InChI is InChI=1S/C24H27Cl3N2O2/c25-18-6-4-17(5-7-18)23(21-9-8-19(26)16-22(21)27)31-20-10-14-29(15-11-20)24(30)28-12-2-1-3-13-28/h4-9,16,20,23H,1-3,10-15H2. The lowest BCUT2D eigenvalue weighted by Gasteiger charge is -2.38. The molecule has 0 N–H and O–H groups in total. The van der Waals surface area contributed by atoms with Crippen molar-refractivity contribution >= 4 is 40.8 Å². The van der Waals surface area contributed by atoms with Gasteiger partial charge in [-0.3, -0.25) is 0 Å². The molecule has 0 radical (unpaired) electrons. The third kappa shape index (κ3) is 5.67. The molecule has 0 bridgehead atoms. The molecule has 2 aromatic carbocycles. The summed E-state index contributed by atoms with van der Waals surface area (Å²) in [5.41, 5.74) is 1.86. The zero-order chi connectivity index (χ0) is 21.8. The van der Waals surface area contributed by atoms with Crippen LogP contribution in [0.5, 0.6) is 0 Å². The number of ether oxygens (including phenoxy) is 1. The van der Waals surface area contributed by atoms with Crippen molar-refractivity contribution in [1.29, 1.82) is 0 Å². The normalized spacial score (nSPS) is 18.8. The first-order valence-corrected chi connectivity index (χ1v) is 12.0. The molecule has 2 aliphatic heterocycles. The Labute approximate surface area is 199 Å². The SMILES string of the molecule is O=C(N1CCCCC1)N1CCC(OC(c2ccc(Cl)cc2)c2ccc(Cl)cc2Cl)CC1. The maximum absolute atomic E-state index is 12.8. The van der Waals surface area contributed by atoms with Crippen LogP contribution in [0.1, 0.15) is 49.3 Å². The first-order valence-electron chi connectivity index (χ1n) is 10.9. The molecule has 1 atom stereocenters. The summed E-state index contributed by atoms with van der Waals surface area (Å²) in [5, 5.41) is 1.84. The molecule has 4 nitrogen and oxygen atoms in total. The van der Waals surface area contributed by atoms with Crippen LogP contribution in [-0.2, 0) is 4.74 Å². The summed E-state index contributed by atoms with van der Waals surface area (Å²) in [7, 11) is 0. The molecule has 0 aliphatic carbocycles. The Hall–Kier alpha value is -1.46. The summed E-state index contributed by atoms with van der Waals surface area (Å²) in [6, 6.07) is 13.3. The minimum absolute atomic E-state index is 0.0397. The zero-order valence-corrected chi connectivity index (χ0v) is 19.7. The van der Waals surface area contributed by atoms with Crippen molar-refractivity contribution in [1.82, 2.24) is 9.80 Å². The Kier molecular flexibility index (Phi) is 7.65. The second-order valence-corrected chi connectivity index (χ2v) is 9.53. The van der Waals surface area contributed by atoms with Gasteiger partial charge in [0.05, 0.1) is 6.10 Å². The summed E-state index contributed by atoms with van der Waals surface area (Å²) in [6.07, 6.45) is 4.75. The number of likely N-dealkylation sites (tertiary alicyclic amines) is 2. The minimum Gasteiger partial charge on any atom is -0.365 e. The third-order valence-corrected chi connectivity index (χ3v) is 6.90. The lowest BCUT2D eigenvalue weighted by Crippen LogP contribution is -2.49. The van der Waals surface area contributed by atoms with Crippen LogP contribution in [0.15, 0.2) is 42.5 Å². The van der Waals surface area contributed by atoms with Gasteiger partial charge in [0, 0.05) is 46.8 Å². The lowest BCUT2D eigenvalue weighted by molar-refractivity contribution is -0.0233. The van der Waals surface area contributed by atoms with E-state index in [-0.39, 0.29) is 18.2 Å². The molecule has 2 saturated heterocycles. The first-order chi connectivity index (χ1) is 15.0. The van der Waals surface area contributed by atoms with Gasteiger partial charge in [0.15, 0.2) is 0 Å². The molecule has 2 fully saturated rings. The number of piperidine rings is 2. The number of hydrogen-bond donors (Lipinski definition) is 0. The molecule has 1 unspecified atom stereocenters. The molecule has 0 aromatic heterocycles. The maximum atomic E-state index is 12.8. The van der Waals surface area contributed by atoms with E-state index in [0.717, 1.165) is 49.9 Å². The van der Waals surface area contributed by atoms with E-state index in [1.54, 1.807) is 6.07 Å². The number of rotatable bonds is 4. The fourth-order valence-electron chi connectivity index (χ4n) is 4.34. The van der Waals surface area contributed by atoms with Crippen LogP contribution < -0.4 is 0 Å². The highest BCUT2D eigenvalue weighted by atomic mass is 35.5. The first kappa shape index (κ1) is 22.7. The molecule has 2 aliphatic rings. The highest BCUT2D eigenvalue weighted by Gasteiger charge is 2.30. The molecule has 166 valence electrons. The molecule has 7 heteroatoms. The molecular weight excluding hydrogens is 455 g/mol. The van der Waals surface area contributed by atoms with Crippen LogP contribution in [0.3, 0.4) is 0 Å². The molecule has 2 heterocycles.